The summed E-state index contributed by atoms with van der Waals surface area (Å²) in [6, 6.07) is 5.65. The van der Waals surface area contributed by atoms with Crippen LogP contribution >= 0.6 is 0 Å². The first-order chi connectivity index (χ1) is 10.4. The van der Waals surface area contributed by atoms with Gasteiger partial charge in [0.2, 0.25) is 10.0 Å². The predicted octanol–water partition coefficient (Wildman–Crippen LogP) is 2.26. The molecule has 0 aliphatic carbocycles. The van der Waals surface area contributed by atoms with E-state index in [1.54, 1.807) is 6.92 Å². The second-order valence-electron chi connectivity index (χ2n) is 5.16. The SMILES string of the molecule is CCCS(=O)(=O)NCc1c(C(=O)O)[nH]c2ccc(CC)cc12. The predicted molar refractivity (Wildman–Crippen MR) is 85.6 cm³/mol. The number of hydrogen-bond donors (Lipinski definition) is 3. The van der Waals surface area contributed by atoms with Crippen LogP contribution in [0.5, 0.6) is 0 Å². The van der Waals surface area contributed by atoms with Crippen molar-refractivity contribution in [3.63, 3.8) is 0 Å². The number of carboxylic acid groups (broad SMARTS) is 1. The van der Waals surface area contributed by atoms with Gasteiger partial charge in [0.1, 0.15) is 5.69 Å². The van der Waals surface area contributed by atoms with Crippen molar-refractivity contribution in [3.8, 4) is 0 Å². The molecule has 0 bridgehead atoms. The number of fused-ring (bicyclic) bond motifs is 1. The highest BCUT2D eigenvalue weighted by molar-refractivity contribution is 7.89. The van der Waals surface area contributed by atoms with Gasteiger partial charge in [-0.1, -0.05) is 19.9 Å². The molecule has 2 rings (SSSR count). The lowest BCUT2D eigenvalue weighted by atomic mass is 10.1. The number of aryl methyl sites for hydroxylation is 1. The van der Waals surface area contributed by atoms with Gasteiger partial charge >= 0.3 is 5.97 Å². The standard InChI is InChI=1S/C15H20N2O4S/c1-3-7-22(20,21)16-9-12-11-8-10(4-2)5-6-13(11)17-14(12)15(18)19/h5-6,8,16-17H,3-4,7,9H2,1-2H3,(H,18,19). The number of rotatable bonds is 7. The number of carbonyl (C=O) groups is 1. The molecular formula is C15H20N2O4S. The molecule has 0 spiro atoms. The Morgan fingerprint density at radius 1 is 1.32 bits per heavy atom. The molecule has 2 aromatic rings. The van der Waals surface area contributed by atoms with Crippen LogP contribution in [0.15, 0.2) is 18.2 Å². The van der Waals surface area contributed by atoms with Gasteiger partial charge in [-0.25, -0.2) is 17.9 Å². The van der Waals surface area contributed by atoms with Crippen molar-refractivity contribution < 1.29 is 18.3 Å². The fourth-order valence-corrected chi connectivity index (χ4v) is 3.45. The van der Waals surface area contributed by atoms with E-state index >= 15 is 0 Å². The normalized spacial score (nSPS) is 11.9. The average Bonchev–Trinajstić information content (AvgIpc) is 2.83. The van der Waals surface area contributed by atoms with Crippen LogP contribution in [0.4, 0.5) is 0 Å². The van der Waals surface area contributed by atoms with Crippen LogP contribution in [-0.4, -0.2) is 30.2 Å². The van der Waals surface area contributed by atoms with Crippen LogP contribution < -0.4 is 4.72 Å². The number of aromatic carboxylic acids is 1. The third kappa shape index (κ3) is 3.48. The molecule has 0 atom stereocenters. The van der Waals surface area contributed by atoms with Crippen molar-refractivity contribution in [1.82, 2.24) is 9.71 Å². The van der Waals surface area contributed by atoms with Crippen molar-refractivity contribution in [2.24, 2.45) is 0 Å². The highest BCUT2D eigenvalue weighted by Gasteiger charge is 2.19. The van der Waals surface area contributed by atoms with Gasteiger partial charge in [0.25, 0.3) is 0 Å². The molecule has 1 heterocycles. The molecule has 1 aromatic carbocycles. The van der Waals surface area contributed by atoms with Gasteiger partial charge in [0.05, 0.1) is 5.75 Å². The van der Waals surface area contributed by atoms with Crippen molar-refractivity contribution in [2.75, 3.05) is 5.75 Å². The summed E-state index contributed by atoms with van der Waals surface area (Å²) < 4.78 is 26.1. The van der Waals surface area contributed by atoms with Crippen LogP contribution in [0.2, 0.25) is 0 Å². The van der Waals surface area contributed by atoms with Crippen LogP contribution in [0.25, 0.3) is 10.9 Å². The van der Waals surface area contributed by atoms with E-state index in [4.69, 9.17) is 0 Å². The second-order valence-corrected chi connectivity index (χ2v) is 7.08. The van der Waals surface area contributed by atoms with Gasteiger partial charge in [-0.3, -0.25) is 0 Å². The van der Waals surface area contributed by atoms with E-state index in [2.05, 4.69) is 9.71 Å². The van der Waals surface area contributed by atoms with Gasteiger partial charge in [-0.2, -0.15) is 0 Å². The molecule has 0 aliphatic heterocycles. The lowest BCUT2D eigenvalue weighted by Crippen LogP contribution is -2.26. The lowest BCUT2D eigenvalue weighted by molar-refractivity contribution is 0.0690. The van der Waals surface area contributed by atoms with Crippen molar-refractivity contribution >= 4 is 26.9 Å². The quantitative estimate of drug-likeness (QED) is 0.727. The molecule has 0 fully saturated rings. The van der Waals surface area contributed by atoms with Crippen LogP contribution in [-0.2, 0) is 23.0 Å². The fourth-order valence-electron chi connectivity index (χ4n) is 2.40. The summed E-state index contributed by atoms with van der Waals surface area (Å²) in [6.45, 7) is 3.76. The first-order valence-corrected chi connectivity index (χ1v) is 8.87. The third-order valence-corrected chi connectivity index (χ3v) is 5.06. The number of sulfonamides is 1. The number of carboxylic acids is 1. The van der Waals surface area contributed by atoms with Crippen molar-refractivity contribution in [2.45, 2.75) is 33.2 Å². The van der Waals surface area contributed by atoms with Crippen LogP contribution in [0.3, 0.4) is 0 Å². The maximum atomic E-state index is 11.8. The molecule has 120 valence electrons. The summed E-state index contributed by atoms with van der Waals surface area (Å²) in [7, 11) is -3.39. The van der Waals surface area contributed by atoms with E-state index in [1.807, 2.05) is 25.1 Å². The van der Waals surface area contributed by atoms with Gasteiger partial charge in [0.15, 0.2) is 0 Å². The monoisotopic (exact) mass is 324 g/mol. The summed E-state index contributed by atoms with van der Waals surface area (Å²) in [6.07, 6.45) is 1.33. The van der Waals surface area contributed by atoms with Crippen molar-refractivity contribution in [1.29, 1.82) is 0 Å². The highest BCUT2D eigenvalue weighted by Crippen LogP contribution is 2.24. The Balaban J connectivity index is 2.45. The van der Waals surface area contributed by atoms with Gasteiger partial charge < -0.3 is 10.1 Å². The number of nitrogens with one attached hydrogen (secondary N) is 2. The zero-order chi connectivity index (χ0) is 16.3. The van der Waals surface area contributed by atoms with Crippen molar-refractivity contribution in [3.05, 3.63) is 35.0 Å². The highest BCUT2D eigenvalue weighted by atomic mass is 32.2. The van der Waals surface area contributed by atoms with E-state index in [0.29, 0.717) is 17.5 Å². The minimum atomic E-state index is -3.39. The Morgan fingerprint density at radius 2 is 2.05 bits per heavy atom. The molecule has 3 N–H and O–H groups in total. The first kappa shape index (κ1) is 16.5. The topological polar surface area (TPSA) is 99.3 Å². The second kappa shape index (κ2) is 6.50. The molecule has 0 amide bonds. The zero-order valence-corrected chi connectivity index (χ0v) is 13.5. The Hall–Kier alpha value is -1.86. The Morgan fingerprint density at radius 3 is 2.64 bits per heavy atom. The summed E-state index contributed by atoms with van der Waals surface area (Å²) in [4.78, 5) is 14.2. The summed E-state index contributed by atoms with van der Waals surface area (Å²) >= 11 is 0. The maximum Gasteiger partial charge on any atom is 0.352 e. The Kier molecular flexibility index (Phi) is 4.87. The van der Waals surface area contributed by atoms with E-state index in [0.717, 1.165) is 17.4 Å². The average molecular weight is 324 g/mol. The maximum absolute atomic E-state index is 11.8. The minimum absolute atomic E-state index is 0.0258. The van der Waals surface area contributed by atoms with E-state index in [-0.39, 0.29) is 18.0 Å². The largest absolute Gasteiger partial charge is 0.477 e. The number of aromatic nitrogens is 1. The smallest absolute Gasteiger partial charge is 0.352 e. The van der Waals surface area contributed by atoms with E-state index in [1.165, 1.54) is 0 Å². The third-order valence-electron chi connectivity index (χ3n) is 3.53. The van der Waals surface area contributed by atoms with E-state index < -0.39 is 16.0 Å². The lowest BCUT2D eigenvalue weighted by Gasteiger charge is -2.06. The molecule has 0 aliphatic rings. The number of benzene rings is 1. The first-order valence-electron chi connectivity index (χ1n) is 7.22. The van der Waals surface area contributed by atoms with Crippen LogP contribution in [0.1, 0.15) is 41.9 Å². The molecule has 0 radical (unpaired) electrons. The summed E-state index contributed by atoms with van der Waals surface area (Å²) in [5.74, 6) is -1.07. The fraction of sp³-hybridized carbons (Fsp3) is 0.400. The number of hydrogen-bond acceptors (Lipinski definition) is 3. The summed E-state index contributed by atoms with van der Waals surface area (Å²) in [5, 5.41) is 10.1. The number of aromatic amines is 1. The molecule has 1 aromatic heterocycles. The summed E-state index contributed by atoms with van der Waals surface area (Å²) in [5.41, 5.74) is 2.26. The molecule has 7 heteroatoms. The Labute approximate surface area is 129 Å². The zero-order valence-electron chi connectivity index (χ0n) is 12.6. The molecule has 0 unspecified atom stereocenters. The molecular weight excluding hydrogens is 304 g/mol. The number of H-pyrrole nitrogens is 1. The minimum Gasteiger partial charge on any atom is -0.477 e. The Bertz CT molecular complexity index is 793. The van der Waals surface area contributed by atoms with E-state index in [9.17, 15) is 18.3 Å². The van der Waals surface area contributed by atoms with Crippen LogP contribution in [0, 0.1) is 0 Å². The van der Waals surface area contributed by atoms with Gasteiger partial charge in [-0.15, -0.1) is 0 Å². The van der Waals surface area contributed by atoms with Gasteiger partial charge in [0, 0.05) is 23.0 Å². The molecule has 6 nitrogen and oxygen atoms in total. The molecule has 22 heavy (non-hydrogen) atoms. The van der Waals surface area contributed by atoms with Gasteiger partial charge in [-0.05, 0) is 30.5 Å². The molecule has 0 saturated heterocycles. The molecule has 0 saturated carbocycles.